The van der Waals surface area contributed by atoms with E-state index in [1.807, 2.05) is 4.90 Å². The fourth-order valence-corrected chi connectivity index (χ4v) is 3.20. The first-order valence-corrected chi connectivity index (χ1v) is 7.60. The summed E-state index contributed by atoms with van der Waals surface area (Å²) in [4.78, 5) is 25.2. The third-order valence-electron chi connectivity index (χ3n) is 4.35. The molecule has 0 unspecified atom stereocenters. The molecule has 0 aromatic rings. The van der Waals surface area contributed by atoms with E-state index in [1.54, 1.807) is 0 Å². The van der Waals surface area contributed by atoms with Crippen molar-refractivity contribution in [2.45, 2.75) is 44.9 Å². The third-order valence-corrected chi connectivity index (χ3v) is 4.35. The van der Waals surface area contributed by atoms with Gasteiger partial charge in [0.05, 0.1) is 13.2 Å². The molecule has 0 aromatic heterocycles. The fraction of sp³-hybridized carbons (Fsp3) is 0.867. The van der Waals surface area contributed by atoms with Crippen LogP contribution in [0.25, 0.3) is 0 Å². The number of ether oxygens (including phenoxy) is 1. The van der Waals surface area contributed by atoms with Crippen molar-refractivity contribution in [2.24, 2.45) is 11.8 Å². The molecule has 1 amide bonds. The van der Waals surface area contributed by atoms with Gasteiger partial charge in [-0.15, -0.1) is 0 Å². The van der Waals surface area contributed by atoms with Crippen molar-refractivity contribution in [1.29, 1.82) is 0 Å². The van der Waals surface area contributed by atoms with Crippen molar-refractivity contribution < 1.29 is 14.3 Å². The van der Waals surface area contributed by atoms with Crippen LogP contribution in [0.3, 0.4) is 0 Å². The number of nitrogens with zero attached hydrogens (tertiary/aromatic N) is 1. The smallest absolute Gasteiger partial charge is 0.223 e. The molecule has 0 radical (unpaired) electrons. The molecule has 4 heteroatoms. The second-order valence-electron chi connectivity index (χ2n) is 5.83. The normalized spacial score (nSPS) is 23.1. The molecular formula is C15H25NO3. The van der Waals surface area contributed by atoms with Crippen LogP contribution in [0.1, 0.15) is 44.9 Å². The van der Waals surface area contributed by atoms with Crippen LogP contribution in [-0.4, -0.2) is 43.4 Å². The lowest BCUT2D eigenvalue weighted by Crippen LogP contribution is -2.41. The summed E-state index contributed by atoms with van der Waals surface area (Å²) < 4.78 is 5.24. The molecule has 2 fully saturated rings. The average Bonchev–Trinajstić information content (AvgIpc) is 2.48. The van der Waals surface area contributed by atoms with E-state index in [2.05, 4.69) is 0 Å². The van der Waals surface area contributed by atoms with E-state index >= 15 is 0 Å². The van der Waals surface area contributed by atoms with Gasteiger partial charge < -0.3 is 14.4 Å². The number of aldehydes is 1. The molecule has 2 rings (SSSR count). The Balaban J connectivity index is 1.76. The van der Waals surface area contributed by atoms with E-state index in [1.165, 1.54) is 32.1 Å². The Morgan fingerprint density at radius 2 is 1.89 bits per heavy atom. The second kappa shape index (κ2) is 7.63. The highest BCUT2D eigenvalue weighted by Crippen LogP contribution is 2.29. The number of hydrogen-bond acceptors (Lipinski definition) is 3. The largest absolute Gasteiger partial charge is 0.378 e. The third kappa shape index (κ3) is 4.60. The molecule has 2 aliphatic rings. The Bertz CT molecular complexity index is 294. The Hall–Kier alpha value is -0.900. The van der Waals surface area contributed by atoms with Crippen LogP contribution in [0.15, 0.2) is 0 Å². The van der Waals surface area contributed by atoms with Gasteiger partial charge in [0, 0.05) is 25.4 Å². The maximum atomic E-state index is 12.1. The number of amides is 1. The number of morpholine rings is 1. The van der Waals surface area contributed by atoms with Gasteiger partial charge in [-0.3, -0.25) is 4.79 Å². The first-order valence-electron chi connectivity index (χ1n) is 7.60. The van der Waals surface area contributed by atoms with Gasteiger partial charge in [0.2, 0.25) is 5.91 Å². The van der Waals surface area contributed by atoms with Crippen LogP contribution < -0.4 is 0 Å². The van der Waals surface area contributed by atoms with Gasteiger partial charge in [0.25, 0.3) is 0 Å². The molecule has 1 saturated heterocycles. The van der Waals surface area contributed by atoms with Crippen LogP contribution >= 0.6 is 0 Å². The quantitative estimate of drug-likeness (QED) is 0.716. The van der Waals surface area contributed by atoms with E-state index < -0.39 is 0 Å². The summed E-state index contributed by atoms with van der Waals surface area (Å²) in [7, 11) is 0. The summed E-state index contributed by atoms with van der Waals surface area (Å²) in [5.74, 6) is 0.691. The summed E-state index contributed by atoms with van der Waals surface area (Å²) in [5, 5.41) is 0. The lowest BCUT2D eigenvalue weighted by atomic mass is 9.82. The SMILES string of the molecule is O=C[C@@H](CC(=O)N1CCOCC1)CC1CCCCC1. The molecule has 19 heavy (non-hydrogen) atoms. The molecule has 1 atom stereocenters. The van der Waals surface area contributed by atoms with Crippen LogP contribution in [0.5, 0.6) is 0 Å². The van der Waals surface area contributed by atoms with E-state index in [-0.39, 0.29) is 11.8 Å². The Morgan fingerprint density at radius 1 is 1.21 bits per heavy atom. The average molecular weight is 267 g/mol. The molecule has 1 aliphatic carbocycles. The molecule has 4 nitrogen and oxygen atoms in total. The molecule has 108 valence electrons. The Labute approximate surface area is 115 Å². The highest BCUT2D eigenvalue weighted by Gasteiger charge is 2.24. The van der Waals surface area contributed by atoms with Gasteiger partial charge in [-0.2, -0.15) is 0 Å². The molecule has 0 bridgehead atoms. The van der Waals surface area contributed by atoms with Gasteiger partial charge in [-0.25, -0.2) is 0 Å². The van der Waals surface area contributed by atoms with Crippen molar-refractivity contribution in [2.75, 3.05) is 26.3 Å². The first-order chi connectivity index (χ1) is 9.29. The summed E-state index contributed by atoms with van der Waals surface area (Å²) in [6.07, 6.45) is 8.65. The number of carbonyl (C=O) groups excluding carboxylic acids is 2. The predicted molar refractivity (Wildman–Crippen MR) is 72.8 cm³/mol. The lowest BCUT2D eigenvalue weighted by Gasteiger charge is -2.29. The number of carbonyl (C=O) groups is 2. The van der Waals surface area contributed by atoms with Crippen molar-refractivity contribution in [3.63, 3.8) is 0 Å². The predicted octanol–water partition coefficient (Wildman–Crippen LogP) is 2.02. The fourth-order valence-electron chi connectivity index (χ4n) is 3.20. The lowest BCUT2D eigenvalue weighted by molar-refractivity contribution is -0.137. The number of hydrogen-bond donors (Lipinski definition) is 0. The van der Waals surface area contributed by atoms with Gasteiger partial charge in [0.1, 0.15) is 6.29 Å². The zero-order valence-electron chi connectivity index (χ0n) is 11.7. The minimum atomic E-state index is -0.0848. The van der Waals surface area contributed by atoms with Crippen LogP contribution in [0, 0.1) is 11.8 Å². The maximum Gasteiger partial charge on any atom is 0.223 e. The zero-order valence-corrected chi connectivity index (χ0v) is 11.7. The van der Waals surface area contributed by atoms with Crippen molar-refractivity contribution in [3.8, 4) is 0 Å². The standard InChI is InChI=1S/C15H25NO3/c17-12-14(10-13-4-2-1-3-5-13)11-15(18)16-6-8-19-9-7-16/h12-14H,1-11H2/t14-/m1/s1. The Morgan fingerprint density at radius 3 is 2.53 bits per heavy atom. The molecule has 1 saturated carbocycles. The zero-order chi connectivity index (χ0) is 13.5. The maximum absolute atomic E-state index is 12.1. The minimum Gasteiger partial charge on any atom is -0.378 e. The van der Waals surface area contributed by atoms with Gasteiger partial charge in [-0.05, 0) is 12.3 Å². The van der Waals surface area contributed by atoms with Gasteiger partial charge in [0.15, 0.2) is 0 Å². The highest BCUT2D eigenvalue weighted by atomic mass is 16.5. The van der Waals surface area contributed by atoms with E-state index in [4.69, 9.17) is 4.74 Å². The van der Waals surface area contributed by atoms with Crippen LogP contribution in [0.2, 0.25) is 0 Å². The van der Waals surface area contributed by atoms with E-state index in [0.717, 1.165) is 12.7 Å². The molecule has 1 heterocycles. The van der Waals surface area contributed by atoms with Crippen molar-refractivity contribution >= 4 is 12.2 Å². The van der Waals surface area contributed by atoms with Gasteiger partial charge in [-0.1, -0.05) is 32.1 Å². The Kier molecular flexibility index (Phi) is 5.83. The highest BCUT2D eigenvalue weighted by molar-refractivity contribution is 5.79. The monoisotopic (exact) mass is 267 g/mol. The van der Waals surface area contributed by atoms with E-state index in [9.17, 15) is 9.59 Å². The summed E-state index contributed by atoms with van der Waals surface area (Å²) in [6.45, 7) is 2.60. The van der Waals surface area contributed by atoms with E-state index in [0.29, 0.717) is 38.6 Å². The minimum absolute atomic E-state index is 0.0848. The molecular weight excluding hydrogens is 242 g/mol. The topological polar surface area (TPSA) is 46.6 Å². The van der Waals surface area contributed by atoms with Gasteiger partial charge >= 0.3 is 0 Å². The summed E-state index contributed by atoms with van der Waals surface area (Å²) in [5.41, 5.74) is 0. The summed E-state index contributed by atoms with van der Waals surface area (Å²) >= 11 is 0. The molecule has 0 aromatic carbocycles. The van der Waals surface area contributed by atoms with Crippen molar-refractivity contribution in [3.05, 3.63) is 0 Å². The first kappa shape index (κ1) is 14.5. The molecule has 0 spiro atoms. The molecule has 0 N–H and O–H groups in total. The number of rotatable bonds is 5. The van der Waals surface area contributed by atoms with Crippen LogP contribution in [-0.2, 0) is 14.3 Å². The van der Waals surface area contributed by atoms with Crippen LogP contribution in [0.4, 0.5) is 0 Å². The molecule has 1 aliphatic heterocycles. The summed E-state index contributed by atoms with van der Waals surface area (Å²) in [6, 6.07) is 0. The second-order valence-corrected chi connectivity index (χ2v) is 5.83. The van der Waals surface area contributed by atoms with Crippen molar-refractivity contribution in [1.82, 2.24) is 4.90 Å².